The fourth-order valence-electron chi connectivity index (χ4n) is 2.21. The minimum atomic E-state index is 0.635. The summed E-state index contributed by atoms with van der Waals surface area (Å²) in [6.07, 6.45) is 5.06. The molecule has 4 nitrogen and oxygen atoms in total. The van der Waals surface area contributed by atoms with Crippen molar-refractivity contribution >= 4 is 16.5 Å². The van der Waals surface area contributed by atoms with Crippen LogP contribution in [0.2, 0.25) is 0 Å². The van der Waals surface area contributed by atoms with E-state index in [1.54, 1.807) is 11.3 Å². The van der Waals surface area contributed by atoms with Gasteiger partial charge in [0.25, 0.3) is 0 Å². The number of hydrogen-bond acceptors (Lipinski definition) is 5. The fourth-order valence-corrected chi connectivity index (χ4v) is 2.93. The summed E-state index contributed by atoms with van der Waals surface area (Å²) in [5.74, 6) is 0. The molecule has 1 unspecified atom stereocenters. The zero-order valence-electron chi connectivity index (χ0n) is 10.8. The van der Waals surface area contributed by atoms with E-state index in [2.05, 4.69) is 27.3 Å². The quantitative estimate of drug-likeness (QED) is 0.845. The second-order valence-electron chi connectivity index (χ2n) is 4.70. The summed E-state index contributed by atoms with van der Waals surface area (Å²) in [6, 6.07) is 0.635. The first-order chi connectivity index (χ1) is 8.29. The fraction of sp³-hybridized carbons (Fsp3) is 0.833. The maximum Gasteiger partial charge on any atom is 0.208 e. The van der Waals surface area contributed by atoms with Gasteiger partial charge in [0.05, 0.1) is 0 Å². The van der Waals surface area contributed by atoms with E-state index in [1.807, 2.05) is 6.92 Å². The molecule has 5 heteroatoms. The molecule has 1 N–H and O–H groups in total. The Morgan fingerprint density at radius 1 is 1.47 bits per heavy atom. The molecule has 0 bridgehead atoms. The van der Waals surface area contributed by atoms with Crippen molar-refractivity contribution in [1.29, 1.82) is 0 Å². The number of nitrogens with zero attached hydrogens (tertiary/aromatic N) is 3. The van der Waals surface area contributed by atoms with Crippen molar-refractivity contribution < 1.29 is 0 Å². The Bertz CT molecular complexity index is 333. The molecule has 0 aromatic carbocycles. The van der Waals surface area contributed by atoms with E-state index < -0.39 is 0 Å². The van der Waals surface area contributed by atoms with Crippen LogP contribution >= 0.6 is 11.3 Å². The standard InChI is InChI=1S/C12H22N4S/c1-3-4-8-16(9-11-6-5-7-13-11)12-15-14-10(2)17-12/h11,13H,3-9H2,1-2H3. The lowest BCUT2D eigenvalue weighted by molar-refractivity contribution is 0.570. The van der Waals surface area contributed by atoms with Gasteiger partial charge in [-0.15, -0.1) is 10.2 Å². The highest BCUT2D eigenvalue weighted by Gasteiger charge is 2.19. The van der Waals surface area contributed by atoms with E-state index in [4.69, 9.17) is 0 Å². The molecule has 0 amide bonds. The number of hydrogen-bond donors (Lipinski definition) is 1. The SMILES string of the molecule is CCCCN(CC1CCCN1)c1nnc(C)s1. The second-order valence-corrected chi connectivity index (χ2v) is 5.86. The van der Waals surface area contributed by atoms with Crippen LogP contribution in [0.15, 0.2) is 0 Å². The molecular weight excluding hydrogens is 232 g/mol. The summed E-state index contributed by atoms with van der Waals surface area (Å²) >= 11 is 1.71. The van der Waals surface area contributed by atoms with Crippen molar-refractivity contribution in [2.24, 2.45) is 0 Å². The molecule has 0 spiro atoms. The molecule has 1 aromatic rings. The molecule has 1 fully saturated rings. The summed E-state index contributed by atoms with van der Waals surface area (Å²) in [4.78, 5) is 2.40. The topological polar surface area (TPSA) is 41.0 Å². The highest BCUT2D eigenvalue weighted by atomic mass is 32.1. The van der Waals surface area contributed by atoms with E-state index in [-0.39, 0.29) is 0 Å². The number of anilines is 1. The normalized spacial score (nSPS) is 19.8. The third-order valence-electron chi connectivity index (χ3n) is 3.17. The van der Waals surface area contributed by atoms with Gasteiger partial charge in [0.15, 0.2) is 0 Å². The van der Waals surface area contributed by atoms with E-state index in [1.165, 1.54) is 32.2 Å². The molecule has 0 saturated carbocycles. The molecular formula is C12H22N4S. The minimum Gasteiger partial charge on any atom is -0.345 e. The molecule has 1 saturated heterocycles. The lowest BCUT2D eigenvalue weighted by Gasteiger charge is -2.24. The van der Waals surface area contributed by atoms with Gasteiger partial charge in [0.2, 0.25) is 5.13 Å². The summed E-state index contributed by atoms with van der Waals surface area (Å²) < 4.78 is 0. The molecule has 17 heavy (non-hydrogen) atoms. The van der Waals surface area contributed by atoms with Gasteiger partial charge in [-0.3, -0.25) is 0 Å². The molecule has 0 aliphatic carbocycles. The largest absolute Gasteiger partial charge is 0.345 e. The van der Waals surface area contributed by atoms with Crippen LogP contribution in [0.3, 0.4) is 0 Å². The Kier molecular flexibility index (Phi) is 4.74. The van der Waals surface area contributed by atoms with E-state index in [0.29, 0.717) is 6.04 Å². The van der Waals surface area contributed by atoms with Crippen molar-refractivity contribution in [3.05, 3.63) is 5.01 Å². The number of nitrogens with one attached hydrogen (secondary N) is 1. The predicted octanol–water partition coefficient (Wildman–Crippen LogP) is 2.21. The Morgan fingerprint density at radius 3 is 2.94 bits per heavy atom. The van der Waals surface area contributed by atoms with Crippen LogP contribution in [-0.2, 0) is 0 Å². The van der Waals surface area contributed by atoms with Crippen LogP contribution in [0, 0.1) is 6.92 Å². The average molecular weight is 254 g/mol. The van der Waals surface area contributed by atoms with Gasteiger partial charge >= 0.3 is 0 Å². The molecule has 0 radical (unpaired) electrons. The molecule has 1 aliphatic rings. The summed E-state index contributed by atoms with van der Waals surface area (Å²) in [7, 11) is 0. The van der Waals surface area contributed by atoms with Crippen LogP contribution < -0.4 is 10.2 Å². The van der Waals surface area contributed by atoms with Gasteiger partial charge in [0.1, 0.15) is 5.01 Å². The maximum atomic E-state index is 4.28. The molecule has 2 heterocycles. The predicted molar refractivity (Wildman–Crippen MR) is 72.8 cm³/mol. The Morgan fingerprint density at radius 2 is 2.35 bits per heavy atom. The lowest BCUT2D eigenvalue weighted by Crippen LogP contribution is -2.38. The Labute approximate surface area is 107 Å². The Balaban J connectivity index is 1.96. The van der Waals surface area contributed by atoms with E-state index in [0.717, 1.165) is 23.2 Å². The highest BCUT2D eigenvalue weighted by Crippen LogP contribution is 2.21. The van der Waals surface area contributed by atoms with Gasteiger partial charge in [-0.25, -0.2) is 0 Å². The van der Waals surface area contributed by atoms with Gasteiger partial charge in [-0.1, -0.05) is 24.7 Å². The highest BCUT2D eigenvalue weighted by molar-refractivity contribution is 7.15. The zero-order chi connectivity index (χ0) is 12.1. The smallest absolute Gasteiger partial charge is 0.208 e. The van der Waals surface area contributed by atoms with Crippen molar-refractivity contribution in [3.63, 3.8) is 0 Å². The summed E-state index contributed by atoms with van der Waals surface area (Å²) in [5.41, 5.74) is 0. The van der Waals surface area contributed by atoms with Crippen LogP contribution in [0.4, 0.5) is 5.13 Å². The van der Waals surface area contributed by atoms with Gasteiger partial charge in [-0.2, -0.15) is 0 Å². The molecule has 2 rings (SSSR count). The van der Waals surface area contributed by atoms with Crippen LogP contribution in [0.5, 0.6) is 0 Å². The van der Waals surface area contributed by atoms with Crippen LogP contribution in [-0.4, -0.2) is 35.9 Å². The monoisotopic (exact) mass is 254 g/mol. The second kappa shape index (κ2) is 6.31. The number of aryl methyl sites for hydroxylation is 1. The van der Waals surface area contributed by atoms with Crippen molar-refractivity contribution in [2.75, 3.05) is 24.5 Å². The van der Waals surface area contributed by atoms with Crippen LogP contribution in [0.25, 0.3) is 0 Å². The first-order valence-electron chi connectivity index (χ1n) is 6.58. The summed E-state index contributed by atoms with van der Waals surface area (Å²) in [5, 5.41) is 14.1. The Hall–Kier alpha value is -0.680. The average Bonchev–Trinajstić information content (AvgIpc) is 2.95. The first kappa shape index (κ1) is 12.8. The minimum absolute atomic E-state index is 0.635. The van der Waals surface area contributed by atoms with Gasteiger partial charge in [0, 0.05) is 19.1 Å². The van der Waals surface area contributed by atoms with E-state index in [9.17, 15) is 0 Å². The molecule has 1 aromatic heterocycles. The third-order valence-corrected chi connectivity index (χ3v) is 4.07. The lowest BCUT2D eigenvalue weighted by atomic mass is 10.2. The maximum absolute atomic E-state index is 4.28. The molecule has 1 atom stereocenters. The molecule has 96 valence electrons. The molecule has 1 aliphatic heterocycles. The number of rotatable bonds is 6. The first-order valence-corrected chi connectivity index (χ1v) is 7.39. The van der Waals surface area contributed by atoms with Crippen molar-refractivity contribution in [3.8, 4) is 0 Å². The van der Waals surface area contributed by atoms with E-state index >= 15 is 0 Å². The number of unbranched alkanes of at least 4 members (excludes halogenated alkanes) is 1. The van der Waals surface area contributed by atoms with Crippen molar-refractivity contribution in [1.82, 2.24) is 15.5 Å². The number of aromatic nitrogens is 2. The third kappa shape index (κ3) is 3.64. The zero-order valence-corrected chi connectivity index (χ0v) is 11.6. The summed E-state index contributed by atoms with van der Waals surface area (Å²) in [6.45, 7) is 7.60. The van der Waals surface area contributed by atoms with Crippen LogP contribution in [0.1, 0.15) is 37.6 Å². The van der Waals surface area contributed by atoms with Gasteiger partial charge in [-0.05, 0) is 32.7 Å². The van der Waals surface area contributed by atoms with Crippen molar-refractivity contribution in [2.45, 2.75) is 45.6 Å². The van der Waals surface area contributed by atoms with Gasteiger partial charge < -0.3 is 10.2 Å².